The standard InChI is InChI=1S/C18H14O2/c19-18(20)12-6-7-14-13-9-15(11-4-2-1-3-5-11)17(10-13)16(14)8-12/h1-9,13,17H,10H2,(H,19,20). The van der Waals surface area contributed by atoms with Crippen molar-refractivity contribution < 1.29 is 9.90 Å². The summed E-state index contributed by atoms with van der Waals surface area (Å²) in [6.45, 7) is 0. The zero-order valence-corrected chi connectivity index (χ0v) is 10.9. The predicted molar refractivity (Wildman–Crippen MR) is 77.9 cm³/mol. The van der Waals surface area contributed by atoms with Gasteiger partial charge in [-0.2, -0.15) is 0 Å². The van der Waals surface area contributed by atoms with E-state index in [9.17, 15) is 4.79 Å². The van der Waals surface area contributed by atoms with Crippen LogP contribution in [0.4, 0.5) is 0 Å². The highest BCUT2D eigenvalue weighted by Crippen LogP contribution is 2.55. The molecule has 0 aromatic heterocycles. The fourth-order valence-electron chi connectivity index (χ4n) is 3.57. The van der Waals surface area contributed by atoms with Crippen LogP contribution in [0, 0.1) is 0 Å². The minimum absolute atomic E-state index is 0.358. The quantitative estimate of drug-likeness (QED) is 0.886. The van der Waals surface area contributed by atoms with Crippen LogP contribution in [0.5, 0.6) is 0 Å². The molecule has 4 rings (SSSR count). The molecule has 2 aromatic carbocycles. The summed E-state index contributed by atoms with van der Waals surface area (Å²) in [4.78, 5) is 11.1. The van der Waals surface area contributed by atoms with Gasteiger partial charge in [0.15, 0.2) is 0 Å². The number of aromatic carboxylic acids is 1. The highest BCUT2D eigenvalue weighted by molar-refractivity contribution is 5.89. The lowest BCUT2D eigenvalue weighted by Gasteiger charge is -2.18. The van der Waals surface area contributed by atoms with Gasteiger partial charge in [0.25, 0.3) is 0 Å². The van der Waals surface area contributed by atoms with Crippen LogP contribution < -0.4 is 0 Å². The van der Waals surface area contributed by atoms with E-state index in [1.54, 1.807) is 6.07 Å². The van der Waals surface area contributed by atoms with Crippen LogP contribution in [0.15, 0.2) is 54.6 Å². The Balaban J connectivity index is 1.80. The van der Waals surface area contributed by atoms with Gasteiger partial charge in [-0.15, -0.1) is 0 Å². The third-order valence-electron chi connectivity index (χ3n) is 4.46. The Labute approximate surface area is 117 Å². The summed E-state index contributed by atoms with van der Waals surface area (Å²) in [7, 11) is 0. The molecule has 2 atom stereocenters. The lowest BCUT2D eigenvalue weighted by molar-refractivity contribution is 0.0697. The maximum absolute atomic E-state index is 11.1. The van der Waals surface area contributed by atoms with Crippen LogP contribution in [0.1, 0.15) is 45.3 Å². The van der Waals surface area contributed by atoms with E-state index in [1.165, 1.54) is 22.3 Å². The molecule has 0 heterocycles. The average molecular weight is 262 g/mol. The van der Waals surface area contributed by atoms with Gasteiger partial charge in [-0.3, -0.25) is 0 Å². The van der Waals surface area contributed by atoms with Gasteiger partial charge >= 0.3 is 5.97 Å². The van der Waals surface area contributed by atoms with Gasteiger partial charge in [0.05, 0.1) is 5.56 Å². The highest BCUT2D eigenvalue weighted by atomic mass is 16.4. The lowest BCUT2D eigenvalue weighted by atomic mass is 9.86. The van der Waals surface area contributed by atoms with Crippen LogP contribution in [0.3, 0.4) is 0 Å². The van der Waals surface area contributed by atoms with Gasteiger partial charge in [-0.25, -0.2) is 4.79 Å². The number of allylic oxidation sites excluding steroid dienone is 2. The molecule has 2 heteroatoms. The molecule has 0 amide bonds. The van der Waals surface area contributed by atoms with E-state index >= 15 is 0 Å². The molecule has 2 unspecified atom stereocenters. The summed E-state index contributed by atoms with van der Waals surface area (Å²) >= 11 is 0. The summed E-state index contributed by atoms with van der Waals surface area (Å²) in [5.74, 6) is -0.0365. The second kappa shape index (κ2) is 4.07. The Bertz CT molecular complexity index is 728. The third kappa shape index (κ3) is 1.54. The van der Waals surface area contributed by atoms with E-state index in [4.69, 9.17) is 5.11 Å². The fourth-order valence-corrected chi connectivity index (χ4v) is 3.57. The first-order valence-corrected chi connectivity index (χ1v) is 6.88. The summed E-state index contributed by atoms with van der Waals surface area (Å²) in [5.41, 5.74) is 5.51. The molecule has 2 nitrogen and oxygen atoms in total. The Morgan fingerprint density at radius 2 is 1.85 bits per heavy atom. The second-order valence-corrected chi connectivity index (χ2v) is 5.53. The molecule has 2 aromatic rings. The molecule has 0 radical (unpaired) electrons. The number of rotatable bonds is 2. The molecule has 98 valence electrons. The van der Waals surface area contributed by atoms with Crippen molar-refractivity contribution in [3.63, 3.8) is 0 Å². The van der Waals surface area contributed by atoms with E-state index in [0.29, 0.717) is 17.4 Å². The van der Waals surface area contributed by atoms with Crippen molar-refractivity contribution in [3.05, 3.63) is 76.9 Å². The molecule has 0 spiro atoms. The van der Waals surface area contributed by atoms with Crippen LogP contribution >= 0.6 is 0 Å². The number of carbonyl (C=O) groups is 1. The molecule has 20 heavy (non-hydrogen) atoms. The Kier molecular flexibility index (Phi) is 2.34. The van der Waals surface area contributed by atoms with Crippen LogP contribution in [0.25, 0.3) is 5.57 Å². The van der Waals surface area contributed by atoms with Gasteiger partial charge in [0.2, 0.25) is 0 Å². The number of benzene rings is 2. The Morgan fingerprint density at radius 1 is 1.05 bits per heavy atom. The summed E-state index contributed by atoms with van der Waals surface area (Å²) in [5, 5.41) is 9.15. The minimum Gasteiger partial charge on any atom is -0.478 e. The summed E-state index contributed by atoms with van der Waals surface area (Å²) < 4.78 is 0. The molecule has 0 saturated heterocycles. The van der Waals surface area contributed by atoms with Crippen molar-refractivity contribution in [3.8, 4) is 0 Å². The fraction of sp³-hybridized carbons (Fsp3) is 0.167. The number of hydrogen-bond donors (Lipinski definition) is 1. The van der Waals surface area contributed by atoms with Crippen molar-refractivity contribution in [1.82, 2.24) is 0 Å². The van der Waals surface area contributed by atoms with Crippen molar-refractivity contribution in [2.45, 2.75) is 18.3 Å². The first-order valence-electron chi connectivity index (χ1n) is 6.88. The van der Waals surface area contributed by atoms with Crippen molar-refractivity contribution in [1.29, 1.82) is 0 Å². The smallest absolute Gasteiger partial charge is 0.335 e. The Hall–Kier alpha value is -2.35. The maximum atomic E-state index is 11.1. The van der Waals surface area contributed by atoms with Gasteiger partial charge < -0.3 is 5.11 Å². The minimum atomic E-state index is -0.846. The summed E-state index contributed by atoms with van der Waals surface area (Å²) in [6.07, 6.45) is 3.44. The van der Waals surface area contributed by atoms with Crippen molar-refractivity contribution in [2.75, 3.05) is 0 Å². The number of carboxylic acid groups (broad SMARTS) is 1. The van der Waals surface area contributed by atoms with Crippen LogP contribution in [-0.2, 0) is 0 Å². The monoisotopic (exact) mass is 262 g/mol. The molecule has 2 aliphatic rings. The number of hydrogen-bond acceptors (Lipinski definition) is 1. The molecule has 0 saturated carbocycles. The molecule has 2 aliphatic carbocycles. The maximum Gasteiger partial charge on any atom is 0.335 e. The lowest BCUT2D eigenvalue weighted by Crippen LogP contribution is -2.03. The second-order valence-electron chi connectivity index (χ2n) is 5.53. The number of carboxylic acids is 1. The third-order valence-corrected chi connectivity index (χ3v) is 4.46. The van der Waals surface area contributed by atoms with E-state index in [2.05, 4.69) is 30.3 Å². The van der Waals surface area contributed by atoms with E-state index in [1.807, 2.05) is 18.2 Å². The molecule has 0 aliphatic heterocycles. The van der Waals surface area contributed by atoms with E-state index < -0.39 is 5.97 Å². The Morgan fingerprint density at radius 3 is 2.60 bits per heavy atom. The van der Waals surface area contributed by atoms with Gasteiger partial charge in [0, 0.05) is 11.8 Å². The topological polar surface area (TPSA) is 37.3 Å². The largest absolute Gasteiger partial charge is 0.478 e. The van der Waals surface area contributed by atoms with Gasteiger partial charge in [-0.1, -0.05) is 42.5 Å². The zero-order chi connectivity index (χ0) is 13.7. The van der Waals surface area contributed by atoms with Gasteiger partial charge in [-0.05, 0) is 40.8 Å². The van der Waals surface area contributed by atoms with Crippen LogP contribution in [0.2, 0.25) is 0 Å². The molecule has 0 fully saturated rings. The molecular weight excluding hydrogens is 248 g/mol. The first-order chi connectivity index (χ1) is 9.74. The van der Waals surface area contributed by atoms with Crippen molar-refractivity contribution in [2.24, 2.45) is 0 Å². The van der Waals surface area contributed by atoms with E-state index in [-0.39, 0.29) is 0 Å². The highest BCUT2D eigenvalue weighted by Gasteiger charge is 2.38. The van der Waals surface area contributed by atoms with Crippen molar-refractivity contribution >= 4 is 11.5 Å². The van der Waals surface area contributed by atoms with Gasteiger partial charge in [0.1, 0.15) is 0 Å². The molecule has 2 bridgehead atoms. The molecular formula is C18H14O2. The van der Waals surface area contributed by atoms with Crippen LogP contribution in [-0.4, -0.2) is 11.1 Å². The van der Waals surface area contributed by atoms with E-state index in [0.717, 1.165) is 6.42 Å². The SMILES string of the molecule is O=C(O)c1ccc2c(c1)C1CC2C=C1c1ccccc1. The zero-order valence-electron chi connectivity index (χ0n) is 10.9. The molecule has 1 N–H and O–H groups in total. The first kappa shape index (κ1) is 11.5. The average Bonchev–Trinajstić information content (AvgIpc) is 3.06. The normalized spacial score (nSPS) is 22.5. The summed E-state index contributed by atoms with van der Waals surface area (Å²) in [6, 6.07) is 16.0. The number of fused-ring (bicyclic) bond motifs is 5. The predicted octanol–water partition coefficient (Wildman–Crippen LogP) is 4.05.